The molecular weight excluding hydrogens is 373 g/mol. The van der Waals surface area contributed by atoms with Crippen molar-refractivity contribution in [2.75, 3.05) is 0 Å². The van der Waals surface area contributed by atoms with E-state index in [-0.39, 0.29) is 18.0 Å². The number of aromatic nitrogens is 3. The molecule has 2 aromatic rings. The van der Waals surface area contributed by atoms with Crippen LogP contribution in [0.1, 0.15) is 33.6 Å². The molecule has 2 aliphatic rings. The third-order valence-electron chi connectivity index (χ3n) is 4.62. The van der Waals surface area contributed by atoms with Gasteiger partial charge in [0.05, 0.1) is 18.3 Å². The minimum Gasteiger partial charge on any atom is -0.461 e. The quantitative estimate of drug-likeness (QED) is 0.810. The van der Waals surface area contributed by atoms with Gasteiger partial charge in [-0.05, 0) is 38.0 Å². The number of hydrogen-bond donors (Lipinski definition) is 1. The Morgan fingerprint density at radius 1 is 1.28 bits per heavy atom. The van der Waals surface area contributed by atoms with Crippen molar-refractivity contribution in [1.29, 1.82) is 0 Å². The first kappa shape index (κ1) is 19.1. The highest BCUT2D eigenvalue weighted by atomic mass is 19.1. The first-order valence-corrected chi connectivity index (χ1v) is 9.74. The Morgan fingerprint density at radius 2 is 2.14 bits per heavy atom. The van der Waals surface area contributed by atoms with Gasteiger partial charge in [0.1, 0.15) is 12.0 Å². The van der Waals surface area contributed by atoms with Crippen LogP contribution in [0.5, 0.6) is 0 Å². The number of fused-ring (bicyclic) bond motifs is 1. The highest BCUT2D eigenvalue weighted by Gasteiger charge is 2.33. The van der Waals surface area contributed by atoms with Crippen molar-refractivity contribution in [3.05, 3.63) is 47.8 Å². The summed E-state index contributed by atoms with van der Waals surface area (Å²) in [6.45, 7) is 6.50. The van der Waals surface area contributed by atoms with Crippen LogP contribution in [0, 0.1) is 5.82 Å². The fraction of sp³-hybridized carbons (Fsp3) is 0.400. The van der Waals surface area contributed by atoms with E-state index in [0.717, 1.165) is 24.1 Å². The van der Waals surface area contributed by atoms with Gasteiger partial charge in [-0.3, -0.25) is 0 Å². The Hall–Kier alpha value is -3.23. The molecule has 2 aromatic heterocycles. The van der Waals surface area contributed by atoms with E-state index in [2.05, 4.69) is 32.3 Å². The topological polar surface area (TPSA) is 79.9 Å². The summed E-state index contributed by atoms with van der Waals surface area (Å²) in [7, 11) is 0. The molecule has 29 heavy (non-hydrogen) atoms. The van der Waals surface area contributed by atoms with E-state index in [1.165, 1.54) is 6.07 Å². The molecule has 0 aliphatic carbocycles. The number of ether oxygens (including phenoxy) is 1. The van der Waals surface area contributed by atoms with Gasteiger partial charge < -0.3 is 9.30 Å². The second-order valence-corrected chi connectivity index (χ2v) is 7.17. The Labute approximate surface area is 168 Å². The van der Waals surface area contributed by atoms with Gasteiger partial charge in [-0.1, -0.05) is 13.3 Å². The number of nitrogens with one attached hydrogen (secondary N) is 1. The molecule has 9 heteroatoms. The number of nitrogens with zero attached hydrogens (tertiary/aromatic N) is 6. The normalized spacial score (nSPS) is 18.2. The van der Waals surface area contributed by atoms with Gasteiger partial charge in [0.15, 0.2) is 17.8 Å². The maximum absolute atomic E-state index is 14.2. The fourth-order valence-corrected chi connectivity index (χ4v) is 3.41. The van der Waals surface area contributed by atoms with E-state index in [0.29, 0.717) is 18.4 Å². The third kappa shape index (κ3) is 3.85. The summed E-state index contributed by atoms with van der Waals surface area (Å²) in [5.41, 5.74) is 5.35. The molecule has 0 bridgehead atoms. The van der Waals surface area contributed by atoms with Gasteiger partial charge in [-0.25, -0.2) is 34.8 Å². The lowest BCUT2D eigenvalue weighted by atomic mass is 10.0. The summed E-state index contributed by atoms with van der Waals surface area (Å²) in [6, 6.07) is 3.44. The van der Waals surface area contributed by atoms with Crippen LogP contribution in [-0.2, 0) is 11.3 Å². The number of aliphatic imine (C=N–C) groups is 2. The monoisotopic (exact) mass is 397 g/mol. The van der Waals surface area contributed by atoms with Crippen LogP contribution in [0.2, 0.25) is 0 Å². The number of allylic oxidation sites excluding steroid dienone is 1. The highest BCUT2D eigenvalue weighted by Crippen LogP contribution is 2.29. The standard InChI is InChI=1S/C20H24FN7O/c1-4-6-14-16(24-12-28-18(14)25-20(26-28)29-13(2)3)11-27-10-9-23-19(27)17-15(21)7-5-8-22-17/h5,7-10,12-13,18H,4,6,11H2,1-3H3,(H,25,26). The molecule has 2 aliphatic heterocycles. The molecule has 0 saturated carbocycles. The van der Waals surface area contributed by atoms with E-state index in [4.69, 9.17) is 4.74 Å². The van der Waals surface area contributed by atoms with Gasteiger partial charge >= 0.3 is 6.02 Å². The Balaban J connectivity index is 1.66. The van der Waals surface area contributed by atoms with Crippen LogP contribution in [0.4, 0.5) is 4.39 Å². The third-order valence-corrected chi connectivity index (χ3v) is 4.62. The van der Waals surface area contributed by atoms with Crippen molar-refractivity contribution < 1.29 is 9.13 Å². The van der Waals surface area contributed by atoms with Crippen LogP contribution >= 0.6 is 0 Å². The van der Waals surface area contributed by atoms with E-state index in [9.17, 15) is 4.39 Å². The Morgan fingerprint density at radius 3 is 2.90 bits per heavy atom. The van der Waals surface area contributed by atoms with Crippen LogP contribution in [0.25, 0.3) is 11.5 Å². The van der Waals surface area contributed by atoms with Gasteiger partial charge in [0.25, 0.3) is 0 Å². The van der Waals surface area contributed by atoms with E-state index in [1.54, 1.807) is 24.8 Å². The predicted molar refractivity (Wildman–Crippen MR) is 108 cm³/mol. The van der Waals surface area contributed by atoms with Crippen molar-refractivity contribution >= 4 is 12.4 Å². The maximum Gasteiger partial charge on any atom is 0.306 e. The molecular formula is C20H24FN7O. The number of amidine groups is 1. The molecule has 1 N–H and O–H groups in total. The average Bonchev–Trinajstić information content (AvgIpc) is 3.30. The molecule has 4 heterocycles. The summed E-state index contributed by atoms with van der Waals surface area (Å²) < 4.78 is 21.8. The zero-order valence-electron chi connectivity index (χ0n) is 16.7. The van der Waals surface area contributed by atoms with Gasteiger partial charge in [0.2, 0.25) is 0 Å². The second kappa shape index (κ2) is 8.02. The first-order chi connectivity index (χ1) is 14.1. The molecule has 1 unspecified atom stereocenters. The lowest BCUT2D eigenvalue weighted by molar-refractivity contribution is 0.208. The SMILES string of the molecule is CCCC1=C(Cn2ccnc2-c2ncccc2F)N=CN2NC(OC(C)C)=NC12. The van der Waals surface area contributed by atoms with Gasteiger partial charge in [0, 0.05) is 18.6 Å². The van der Waals surface area contributed by atoms with Crippen molar-refractivity contribution in [2.45, 2.75) is 52.4 Å². The molecule has 8 nitrogen and oxygen atoms in total. The van der Waals surface area contributed by atoms with Crippen LogP contribution in [0.3, 0.4) is 0 Å². The predicted octanol–water partition coefficient (Wildman–Crippen LogP) is 3.11. The van der Waals surface area contributed by atoms with Crippen LogP contribution < -0.4 is 5.43 Å². The smallest absolute Gasteiger partial charge is 0.306 e. The molecule has 4 rings (SSSR count). The number of pyridine rings is 1. The van der Waals surface area contributed by atoms with Gasteiger partial charge in [-0.15, -0.1) is 0 Å². The number of hydrazine groups is 1. The van der Waals surface area contributed by atoms with Crippen molar-refractivity contribution in [3.8, 4) is 11.5 Å². The van der Waals surface area contributed by atoms with Crippen molar-refractivity contribution in [1.82, 2.24) is 25.0 Å². The molecule has 152 valence electrons. The largest absolute Gasteiger partial charge is 0.461 e. The average molecular weight is 397 g/mol. The zero-order valence-corrected chi connectivity index (χ0v) is 16.7. The van der Waals surface area contributed by atoms with E-state index in [1.807, 2.05) is 29.6 Å². The second-order valence-electron chi connectivity index (χ2n) is 7.17. The summed E-state index contributed by atoms with van der Waals surface area (Å²) >= 11 is 0. The molecule has 0 aromatic carbocycles. The molecule has 0 saturated heterocycles. The number of hydrogen-bond acceptors (Lipinski definition) is 7. The fourth-order valence-electron chi connectivity index (χ4n) is 3.41. The number of imidazole rings is 1. The Bertz CT molecular complexity index is 979. The summed E-state index contributed by atoms with van der Waals surface area (Å²) in [4.78, 5) is 17.8. The zero-order chi connectivity index (χ0) is 20.4. The molecule has 1 atom stereocenters. The lowest BCUT2D eigenvalue weighted by Gasteiger charge is -2.28. The van der Waals surface area contributed by atoms with Crippen LogP contribution in [0.15, 0.2) is 52.0 Å². The summed E-state index contributed by atoms with van der Waals surface area (Å²) in [6.07, 6.45) is 8.37. The van der Waals surface area contributed by atoms with E-state index < -0.39 is 5.82 Å². The number of rotatable bonds is 6. The molecule has 0 radical (unpaired) electrons. The minimum absolute atomic E-state index is 0.0272. The van der Waals surface area contributed by atoms with Crippen molar-refractivity contribution in [2.24, 2.45) is 9.98 Å². The van der Waals surface area contributed by atoms with Gasteiger partial charge in [-0.2, -0.15) is 0 Å². The first-order valence-electron chi connectivity index (χ1n) is 9.74. The van der Waals surface area contributed by atoms with Crippen molar-refractivity contribution in [3.63, 3.8) is 0 Å². The summed E-state index contributed by atoms with van der Waals surface area (Å²) in [5, 5.41) is 1.85. The lowest BCUT2D eigenvalue weighted by Crippen LogP contribution is -2.43. The Kier molecular flexibility index (Phi) is 5.28. The number of halogens is 1. The maximum atomic E-state index is 14.2. The highest BCUT2D eigenvalue weighted by molar-refractivity contribution is 5.79. The van der Waals surface area contributed by atoms with E-state index >= 15 is 0 Å². The summed E-state index contributed by atoms with van der Waals surface area (Å²) in [5.74, 6) is 0.0713. The molecule has 0 amide bonds. The molecule has 0 fully saturated rings. The van der Waals surface area contributed by atoms with Crippen LogP contribution in [-0.4, -0.2) is 44.2 Å². The molecule has 0 spiro atoms. The minimum atomic E-state index is -0.402.